The third-order valence-corrected chi connectivity index (χ3v) is 4.18. The molecule has 1 unspecified atom stereocenters. The molecule has 0 fully saturated rings. The van der Waals surface area contributed by atoms with Gasteiger partial charge in [-0.1, -0.05) is 27.5 Å². The van der Waals surface area contributed by atoms with Crippen LogP contribution in [0.25, 0.3) is 0 Å². The summed E-state index contributed by atoms with van der Waals surface area (Å²) in [7, 11) is 0. The average molecular weight is 372 g/mol. The molecular formula is C16H13BrClFO2. The van der Waals surface area contributed by atoms with Crippen LogP contribution in [0.3, 0.4) is 0 Å². The molecule has 0 spiro atoms. The molecule has 0 aliphatic carbocycles. The van der Waals surface area contributed by atoms with Gasteiger partial charge in [-0.3, -0.25) is 0 Å². The van der Waals surface area contributed by atoms with Crippen LogP contribution < -0.4 is 4.74 Å². The van der Waals surface area contributed by atoms with Gasteiger partial charge in [0.1, 0.15) is 11.6 Å². The van der Waals surface area contributed by atoms with Gasteiger partial charge in [-0.25, -0.2) is 4.39 Å². The van der Waals surface area contributed by atoms with Gasteiger partial charge in [0.25, 0.3) is 0 Å². The molecule has 0 aromatic heterocycles. The van der Waals surface area contributed by atoms with Crippen LogP contribution in [0, 0.1) is 5.82 Å². The molecule has 21 heavy (non-hydrogen) atoms. The molecule has 1 aliphatic heterocycles. The number of halogens is 3. The summed E-state index contributed by atoms with van der Waals surface area (Å²) in [5, 5.41) is 10.6. The molecule has 2 nitrogen and oxygen atoms in total. The van der Waals surface area contributed by atoms with E-state index in [2.05, 4.69) is 15.9 Å². The Morgan fingerprint density at radius 3 is 2.86 bits per heavy atom. The molecule has 1 N–H and O–H groups in total. The Morgan fingerprint density at radius 1 is 1.29 bits per heavy atom. The normalized spacial score (nSPS) is 14.7. The fraction of sp³-hybridized carbons (Fsp3) is 0.250. The first-order valence-electron chi connectivity index (χ1n) is 6.61. The van der Waals surface area contributed by atoms with E-state index in [4.69, 9.17) is 16.3 Å². The minimum Gasteiger partial charge on any atom is -0.493 e. The van der Waals surface area contributed by atoms with E-state index in [-0.39, 0.29) is 5.02 Å². The maximum Gasteiger partial charge on any atom is 0.125 e. The minimum atomic E-state index is -0.833. The van der Waals surface area contributed by atoms with Crippen molar-refractivity contribution in [2.45, 2.75) is 18.9 Å². The van der Waals surface area contributed by atoms with E-state index in [9.17, 15) is 9.50 Å². The zero-order chi connectivity index (χ0) is 15.0. The fourth-order valence-electron chi connectivity index (χ4n) is 2.59. The van der Waals surface area contributed by atoms with Crippen molar-refractivity contribution in [2.75, 3.05) is 6.61 Å². The molecule has 1 atom stereocenters. The molecule has 0 amide bonds. The van der Waals surface area contributed by atoms with Crippen LogP contribution in [0.5, 0.6) is 5.75 Å². The van der Waals surface area contributed by atoms with Crippen molar-refractivity contribution in [2.24, 2.45) is 0 Å². The molecule has 1 heterocycles. The smallest absolute Gasteiger partial charge is 0.125 e. The van der Waals surface area contributed by atoms with Gasteiger partial charge < -0.3 is 9.84 Å². The lowest BCUT2D eigenvalue weighted by molar-refractivity contribution is 0.176. The van der Waals surface area contributed by atoms with Crippen LogP contribution in [0.4, 0.5) is 4.39 Å². The highest BCUT2D eigenvalue weighted by molar-refractivity contribution is 9.10. The maximum absolute atomic E-state index is 13.4. The Kier molecular flexibility index (Phi) is 4.20. The molecule has 0 saturated heterocycles. The first kappa shape index (κ1) is 14.8. The van der Waals surface area contributed by atoms with Crippen molar-refractivity contribution < 1.29 is 14.2 Å². The van der Waals surface area contributed by atoms with Crippen molar-refractivity contribution in [3.8, 4) is 5.75 Å². The van der Waals surface area contributed by atoms with E-state index in [0.29, 0.717) is 18.6 Å². The molecule has 0 radical (unpaired) electrons. The molecule has 0 bridgehead atoms. The second-order valence-corrected chi connectivity index (χ2v) is 6.43. The first-order chi connectivity index (χ1) is 10.0. The molecule has 0 saturated carbocycles. The van der Waals surface area contributed by atoms with E-state index in [0.717, 1.165) is 27.8 Å². The summed E-state index contributed by atoms with van der Waals surface area (Å²) in [5.74, 6) is 0.382. The average Bonchev–Trinajstić information content (AvgIpc) is 2.85. The highest BCUT2D eigenvalue weighted by atomic mass is 79.9. The summed E-state index contributed by atoms with van der Waals surface area (Å²) in [6.07, 6.45) is 0.381. The van der Waals surface area contributed by atoms with E-state index in [1.54, 1.807) is 6.07 Å². The number of aliphatic hydroxyl groups excluding tert-OH is 1. The fourth-order valence-corrected chi connectivity index (χ4v) is 3.37. The van der Waals surface area contributed by atoms with Crippen LogP contribution in [-0.4, -0.2) is 11.7 Å². The van der Waals surface area contributed by atoms with Gasteiger partial charge in [0.2, 0.25) is 0 Å². The van der Waals surface area contributed by atoms with E-state index >= 15 is 0 Å². The molecule has 5 heteroatoms. The first-order valence-corrected chi connectivity index (χ1v) is 7.78. The maximum atomic E-state index is 13.4. The lowest BCUT2D eigenvalue weighted by atomic mass is 9.99. The quantitative estimate of drug-likeness (QED) is 0.863. The highest BCUT2D eigenvalue weighted by Gasteiger charge is 2.20. The molecular weight excluding hydrogens is 359 g/mol. The van der Waals surface area contributed by atoms with Gasteiger partial charge in [0.05, 0.1) is 12.7 Å². The Bertz CT molecular complexity index is 670. The lowest BCUT2D eigenvalue weighted by Gasteiger charge is -2.15. The van der Waals surface area contributed by atoms with Gasteiger partial charge in [-0.05, 0) is 47.0 Å². The van der Waals surface area contributed by atoms with Crippen molar-refractivity contribution in [3.05, 3.63) is 62.3 Å². The molecule has 2 aromatic carbocycles. The second-order valence-electron chi connectivity index (χ2n) is 5.07. The summed E-state index contributed by atoms with van der Waals surface area (Å²) in [6.45, 7) is 0.653. The molecule has 110 valence electrons. The van der Waals surface area contributed by atoms with Crippen molar-refractivity contribution in [3.63, 3.8) is 0 Å². The number of fused-ring (bicyclic) bond motifs is 1. The minimum absolute atomic E-state index is 0.278. The molecule has 2 aromatic rings. The standard InChI is InChI=1S/C16H13BrClFO2/c17-12-3-9-1-2-21-16(9)11(4-12)7-15(20)10-5-13(18)8-14(19)6-10/h3-6,8,15,20H,1-2,7H2. The summed E-state index contributed by atoms with van der Waals surface area (Å²) >= 11 is 9.30. The number of rotatable bonds is 3. The van der Waals surface area contributed by atoms with Gasteiger partial charge in [0, 0.05) is 22.3 Å². The lowest BCUT2D eigenvalue weighted by Crippen LogP contribution is -2.04. The SMILES string of the molecule is OC(Cc1cc(Br)cc2c1OCC2)c1cc(F)cc(Cl)c1. The van der Waals surface area contributed by atoms with Crippen LogP contribution >= 0.6 is 27.5 Å². The zero-order valence-electron chi connectivity index (χ0n) is 11.1. The Morgan fingerprint density at radius 2 is 2.10 bits per heavy atom. The van der Waals surface area contributed by atoms with Crippen LogP contribution in [-0.2, 0) is 12.8 Å². The number of hydrogen-bond acceptors (Lipinski definition) is 2. The van der Waals surface area contributed by atoms with Gasteiger partial charge in [0.15, 0.2) is 0 Å². The predicted octanol–water partition coefficient (Wildman–Crippen LogP) is 4.45. The Balaban J connectivity index is 1.90. The Labute approximate surface area is 135 Å². The van der Waals surface area contributed by atoms with Crippen molar-refractivity contribution >= 4 is 27.5 Å². The molecule has 3 rings (SSSR count). The third kappa shape index (κ3) is 3.23. The number of hydrogen-bond donors (Lipinski definition) is 1. The van der Waals surface area contributed by atoms with E-state index < -0.39 is 11.9 Å². The summed E-state index contributed by atoms with van der Waals surface area (Å²) in [6, 6.07) is 8.05. The Hall–Kier alpha value is -1.10. The monoisotopic (exact) mass is 370 g/mol. The second kappa shape index (κ2) is 5.95. The van der Waals surface area contributed by atoms with Crippen molar-refractivity contribution in [1.82, 2.24) is 0 Å². The number of aliphatic hydroxyl groups is 1. The summed E-state index contributed by atoms with van der Waals surface area (Å²) in [5.41, 5.74) is 2.50. The van der Waals surface area contributed by atoms with Gasteiger partial charge in [-0.15, -0.1) is 0 Å². The van der Waals surface area contributed by atoms with Crippen LogP contribution in [0.2, 0.25) is 5.02 Å². The molecule has 1 aliphatic rings. The number of ether oxygens (including phenoxy) is 1. The van der Waals surface area contributed by atoms with E-state index in [1.165, 1.54) is 12.1 Å². The summed E-state index contributed by atoms with van der Waals surface area (Å²) in [4.78, 5) is 0. The van der Waals surface area contributed by atoms with Gasteiger partial charge >= 0.3 is 0 Å². The summed E-state index contributed by atoms with van der Waals surface area (Å²) < 4.78 is 20.0. The van der Waals surface area contributed by atoms with Crippen LogP contribution in [0.15, 0.2) is 34.8 Å². The highest BCUT2D eigenvalue weighted by Crippen LogP contribution is 2.35. The predicted molar refractivity (Wildman–Crippen MR) is 83.4 cm³/mol. The largest absolute Gasteiger partial charge is 0.493 e. The third-order valence-electron chi connectivity index (χ3n) is 3.51. The van der Waals surface area contributed by atoms with Gasteiger partial charge in [-0.2, -0.15) is 0 Å². The zero-order valence-corrected chi connectivity index (χ0v) is 13.4. The van der Waals surface area contributed by atoms with E-state index in [1.807, 2.05) is 12.1 Å². The topological polar surface area (TPSA) is 29.5 Å². The number of benzene rings is 2. The van der Waals surface area contributed by atoms with Crippen LogP contribution in [0.1, 0.15) is 22.8 Å². The van der Waals surface area contributed by atoms with Crippen molar-refractivity contribution in [1.29, 1.82) is 0 Å².